The van der Waals surface area contributed by atoms with E-state index in [-0.39, 0.29) is 0 Å². The molecule has 1 fully saturated rings. The van der Waals surface area contributed by atoms with Crippen LogP contribution in [0.4, 0.5) is 0 Å². The number of benzene rings is 1. The van der Waals surface area contributed by atoms with Crippen molar-refractivity contribution in [2.75, 3.05) is 18.8 Å². The van der Waals surface area contributed by atoms with Gasteiger partial charge in [0.1, 0.15) is 0 Å². The van der Waals surface area contributed by atoms with Crippen LogP contribution in [0.25, 0.3) is 0 Å². The molecule has 102 valence electrons. The van der Waals surface area contributed by atoms with E-state index in [0.29, 0.717) is 0 Å². The summed E-state index contributed by atoms with van der Waals surface area (Å²) in [4.78, 5) is 0. The molecule has 0 spiro atoms. The van der Waals surface area contributed by atoms with Gasteiger partial charge in [0.05, 0.1) is 0 Å². The molecule has 1 aliphatic heterocycles. The van der Waals surface area contributed by atoms with Gasteiger partial charge in [0.15, 0.2) is 0 Å². The van der Waals surface area contributed by atoms with Gasteiger partial charge in [0.2, 0.25) is 0 Å². The summed E-state index contributed by atoms with van der Waals surface area (Å²) in [5.41, 5.74) is 0. The molecular weight excluding hydrogens is 238 g/mol. The summed E-state index contributed by atoms with van der Waals surface area (Å²) < 4.78 is 0. The summed E-state index contributed by atoms with van der Waals surface area (Å²) in [7, 11) is 0. The minimum Gasteiger partial charge on any atom is -0.315 e. The molecule has 1 aromatic rings. The minimum atomic E-state index is 0.913. The topological polar surface area (TPSA) is 12.0 Å². The molecule has 1 nitrogen and oxygen atoms in total. The van der Waals surface area contributed by atoms with Gasteiger partial charge >= 0.3 is 0 Å². The van der Waals surface area contributed by atoms with Gasteiger partial charge in [-0.25, -0.2) is 0 Å². The van der Waals surface area contributed by atoms with Gasteiger partial charge in [-0.2, -0.15) is 11.8 Å². The fourth-order valence-electron chi connectivity index (χ4n) is 1.99. The van der Waals surface area contributed by atoms with Crippen LogP contribution in [0.5, 0.6) is 0 Å². The monoisotopic (exact) mass is 265 g/mol. The van der Waals surface area contributed by atoms with Gasteiger partial charge in [-0.3, -0.25) is 0 Å². The van der Waals surface area contributed by atoms with Crippen molar-refractivity contribution in [3.63, 3.8) is 0 Å². The second-order valence-corrected chi connectivity index (χ2v) is 6.11. The van der Waals surface area contributed by atoms with Crippen molar-refractivity contribution in [2.45, 2.75) is 44.3 Å². The molecular formula is C16H27NS. The van der Waals surface area contributed by atoms with E-state index in [1.54, 1.807) is 0 Å². The number of unbranched alkanes of at least 4 members (excludes halogenated alkanes) is 3. The van der Waals surface area contributed by atoms with Crippen molar-refractivity contribution < 1.29 is 0 Å². The molecule has 0 saturated carbocycles. The van der Waals surface area contributed by atoms with E-state index in [4.69, 9.17) is 0 Å². The van der Waals surface area contributed by atoms with Gasteiger partial charge in [-0.1, -0.05) is 69.0 Å². The first kappa shape index (κ1) is 15.6. The third kappa shape index (κ3) is 8.60. The molecule has 1 N–H and O–H groups in total. The average Bonchev–Trinajstić information content (AvgIpc) is 2.47. The van der Waals surface area contributed by atoms with E-state index in [1.165, 1.54) is 50.9 Å². The molecule has 0 bridgehead atoms. The maximum Gasteiger partial charge on any atom is 0.0172 e. The Bertz CT molecular complexity index is 230. The van der Waals surface area contributed by atoms with Crippen LogP contribution in [0, 0.1) is 0 Å². The quantitative estimate of drug-likeness (QED) is 0.794. The minimum absolute atomic E-state index is 0.913. The van der Waals surface area contributed by atoms with Crippen molar-refractivity contribution >= 4 is 11.8 Å². The van der Waals surface area contributed by atoms with E-state index in [9.17, 15) is 0 Å². The van der Waals surface area contributed by atoms with Gasteiger partial charge in [0.25, 0.3) is 0 Å². The molecule has 0 aliphatic carbocycles. The number of thioether (sulfide) groups is 1. The van der Waals surface area contributed by atoms with Crippen LogP contribution in [0.1, 0.15) is 39.0 Å². The molecule has 0 radical (unpaired) electrons. The lowest BCUT2D eigenvalue weighted by molar-refractivity contribution is 0.580. The number of hydrogen-bond acceptors (Lipinski definition) is 2. The molecule has 2 rings (SSSR count). The van der Waals surface area contributed by atoms with Crippen LogP contribution in [-0.4, -0.2) is 24.1 Å². The lowest BCUT2D eigenvalue weighted by Crippen LogP contribution is -2.32. The third-order valence-electron chi connectivity index (χ3n) is 3.05. The Labute approximate surface area is 117 Å². The third-order valence-corrected chi connectivity index (χ3v) is 4.36. The summed E-state index contributed by atoms with van der Waals surface area (Å²) in [5, 5.41) is 4.37. The van der Waals surface area contributed by atoms with Crippen LogP contribution < -0.4 is 5.32 Å². The highest BCUT2D eigenvalue weighted by Gasteiger charge is 2.11. The summed E-state index contributed by atoms with van der Waals surface area (Å²) >= 11 is 2.16. The summed E-state index contributed by atoms with van der Waals surface area (Å²) in [6.45, 7) is 4.74. The van der Waals surface area contributed by atoms with Crippen molar-refractivity contribution in [3.05, 3.63) is 36.4 Å². The number of nitrogens with one attached hydrogen (secondary N) is 1. The first-order valence-corrected chi connectivity index (χ1v) is 8.30. The molecule has 1 heterocycles. The molecule has 18 heavy (non-hydrogen) atoms. The Morgan fingerprint density at radius 3 is 2.17 bits per heavy atom. The van der Waals surface area contributed by atoms with Crippen LogP contribution in [-0.2, 0) is 0 Å². The predicted octanol–water partition coefficient (Wildman–Crippen LogP) is 4.35. The van der Waals surface area contributed by atoms with E-state index in [0.717, 1.165) is 5.25 Å². The van der Waals surface area contributed by atoms with Crippen molar-refractivity contribution in [3.8, 4) is 0 Å². The van der Waals surface area contributed by atoms with Gasteiger partial charge in [-0.15, -0.1) is 0 Å². The molecule has 1 aliphatic rings. The second kappa shape index (κ2) is 11.6. The molecule has 1 saturated heterocycles. The fourth-order valence-corrected chi connectivity index (χ4v) is 3.15. The molecule has 2 heteroatoms. The molecule has 1 aromatic carbocycles. The van der Waals surface area contributed by atoms with Crippen LogP contribution in [0.2, 0.25) is 0 Å². The Morgan fingerprint density at radius 1 is 1.00 bits per heavy atom. The van der Waals surface area contributed by atoms with Gasteiger partial charge < -0.3 is 5.32 Å². The maximum absolute atomic E-state index is 3.45. The van der Waals surface area contributed by atoms with Gasteiger partial charge in [0, 0.05) is 24.1 Å². The maximum atomic E-state index is 3.45. The smallest absolute Gasteiger partial charge is 0.0172 e. The van der Waals surface area contributed by atoms with Gasteiger partial charge in [-0.05, 0) is 6.42 Å². The van der Waals surface area contributed by atoms with Crippen molar-refractivity contribution in [1.82, 2.24) is 5.32 Å². The Kier molecular flexibility index (Phi) is 10.1. The molecule has 1 unspecified atom stereocenters. The van der Waals surface area contributed by atoms with Crippen LogP contribution >= 0.6 is 11.8 Å². The zero-order chi connectivity index (χ0) is 12.9. The summed E-state index contributed by atoms with van der Waals surface area (Å²) in [6, 6.07) is 12.0. The lowest BCUT2D eigenvalue weighted by atomic mass is 10.1. The average molecular weight is 265 g/mol. The molecule has 1 atom stereocenters. The van der Waals surface area contributed by atoms with E-state index in [1.807, 2.05) is 36.4 Å². The summed E-state index contributed by atoms with van der Waals surface area (Å²) in [5.74, 6) is 1.32. The highest BCUT2D eigenvalue weighted by molar-refractivity contribution is 8.00. The Hall–Kier alpha value is -0.470. The SMILES string of the molecule is CCCCCCC1CNCCS1.c1ccccc1. The number of rotatable bonds is 5. The highest BCUT2D eigenvalue weighted by Crippen LogP contribution is 2.19. The largest absolute Gasteiger partial charge is 0.315 e. The van der Waals surface area contributed by atoms with E-state index >= 15 is 0 Å². The van der Waals surface area contributed by atoms with E-state index < -0.39 is 0 Å². The molecule has 0 amide bonds. The fraction of sp³-hybridized carbons (Fsp3) is 0.625. The zero-order valence-electron chi connectivity index (χ0n) is 11.6. The second-order valence-electron chi connectivity index (χ2n) is 4.70. The van der Waals surface area contributed by atoms with Crippen molar-refractivity contribution in [2.24, 2.45) is 0 Å². The van der Waals surface area contributed by atoms with Crippen molar-refractivity contribution in [1.29, 1.82) is 0 Å². The zero-order valence-corrected chi connectivity index (χ0v) is 12.4. The first-order chi connectivity index (χ1) is 8.93. The summed E-state index contributed by atoms with van der Waals surface area (Å²) in [6.07, 6.45) is 7.08. The Balaban J connectivity index is 0.000000225. The first-order valence-electron chi connectivity index (χ1n) is 7.26. The predicted molar refractivity (Wildman–Crippen MR) is 84.3 cm³/mol. The van der Waals surface area contributed by atoms with E-state index in [2.05, 4.69) is 24.0 Å². The lowest BCUT2D eigenvalue weighted by Gasteiger charge is -2.22. The molecule has 0 aromatic heterocycles. The normalized spacial score (nSPS) is 18.8. The highest BCUT2D eigenvalue weighted by atomic mass is 32.2. The van der Waals surface area contributed by atoms with Crippen LogP contribution in [0.3, 0.4) is 0 Å². The standard InChI is InChI=1S/C10H21NS.C6H6/c1-2-3-4-5-6-10-9-11-7-8-12-10;1-2-4-6-5-3-1/h10-11H,2-9H2,1H3;1-6H. The Morgan fingerprint density at radius 2 is 1.67 bits per heavy atom. The van der Waals surface area contributed by atoms with Crippen LogP contribution in [0.15, 0.2) is 36.4 Å². The number of hydrogen-bond donors (Lipinski definition) is 1.